The highest BCUT2D eigenvalue weighted by Gasteiger charge is 2.33. The highest BCUT2D eigenvalue weighted by atomic mass is 35.5. The van der Waals surface area contributed by atoms with Crippen LogP contribution in [0.3, 0.4) is 0 Å². The molecule has 0 spiro atoms. The zero-order chi connectivity index (χ0) is 17.6. The summed E-state index contributed by atoms with van der Waals surface area (Å²) in [7, 11) is 1.70. The van der Waals surface area contributed by atoms with E-state index in [2.05, 4.69) is 10.6 Å². The Morgan fingerprint density at radius 1 is 1.32 bits per heavy atom. The lowest BCUT2D eigenvalue weighted by molar-refractivity contribution is -0.128. The first-order valence-electron chi connectivity index (χ1n) is 8.05. The predicted molar refractivity (Wildman–Crippen MR) is 103 cm³/mol. The van der Waals surface area contributed by atoms with Gasteiger partial charge in [0, 0.05) is 25.1 Å². The van der Waals surface area contributed by atoms with Crippen LogP contribution in [0.1, 0.15) is 19.8 Å². The first-order chi connectivity index (χ1) is 11.5. The largest absolute Gasteiger partial charge is 0.481 e. The number of benzene rings is 1. The van der Waals surface area contributed by atoms with Crippen molar-refractivity contribution in [3.63, 3.8) is 0 Å². The van der Waals surface area contributed by atoms with Crippen LogP contribution in [0.4, 0.5) is 0 Å². The Morgan fingerprint density at radius 3 is 2.60 bits per heavy atom. The minimum Gasteiger partial charge on any atom is -0.481 e. The summed E-state index contributed by atoms with van der Waals surface area (Å²) < 4.78 is 11.0. The second-order valence-electron chi connectivity index (χ2n) is 6.24. The predicted octanol–water partition coefficient (Wildman–Crippen LogP) is 3.31. The quantitative estimate of drug-likeness (QED) is 0.722. The van der Waals surface area contributed by atoms with E-state index in [0.29, 0.717) is 28.9 Å². The molecule has 25 heavy (non-hydrogen) atoms. The van der Waals surface area contributed by atoms with Gasteiger partial charge in [-0.2, -0.15) is 0 Å². The molecule has 5 nitrogen and oxygen atoms in total. The van der Waals surface area contributed by atoms with Gasteiger partial charge in [-0.1, -0.05) is 23.2 Å². The number of hydrogen-bond donors (Lipinski definition) is 2. The summed E-state index contributed by atoms with van der Waals surface area (Å²) in [5, 5.41) is 7.18. The van der Waals surface area contributed by atoms with Gasteiger partial charge >= 0.3 is 0 Å². The Labute approximate surface area is 165 Å². The summed E-state index contributed by atoms with van der Waals surface area (Å²) in [6.45, 7) is 4.81. The molecule has 2 N–H and O–H groups in total. The fraction of sp³-hybridized carbons (Fsp3) is 0.588. The third kappa shape index (κ3) is 6.50. The van der Waals surface area contributed by atoms with E-state index in [4.69, 9.17) is 32.7 Å². The van der Waals surface area contributed by atoms with Crippen molar-refractivity contribution >= 4 is 41.5 Å². The van der Waals surface area contributed by atoms with E-state index < -0.39 is 6.10 Å². The molecule has 1 fully saturated rings. The summed E-state index contributed by atoms with van der Waals surface area (Å²) in [5.41, 5.74) is -0.0149. The van der Waals surface area contributed by atoms with E-state index in [9.17, 15) is 4.79 Å². The van der Waals surface area contributed by atoms with Crippen LogP contribution in [0.15, 0.2) is 18.2 Å². The van der Waals surface area contributed by atoms with Gasteiger partial charge in [0.15, 0.2) is 6.10 Å². The molecule has 0 aliphatic carbocycles. The number of ether oxygens (including phenoxy) is 2. The summed E-state index contributed by atoms with van der Waals surface area (Å²) in [6, 6.07) is 4.94. The van der Waals surface area contributed by atoms with Crippen molar-refractivity contribution in [2.24, 2.45) is 5.41 Å². The molecular formula is C17H25Cl3N2O3. The number of halogens is 3. The van der Waals surface area contributed by atoms with Gasteiger partial charge in [-0.3, -0.25) is 4.79 Å². The fourth-order valence-electron chi connectivity index (χ4n) is 2.86. The molecule has 1 atom stereocenters. The van der Waals surface area contributed by atoms with E-state index in [0.717, 1.165) is 25.9 Å². The minimum atomic E-state index is -0.622. The molecule has 1 aliphatic rings. The van der Waals surface area contributed by atoms with Crippen LogP contribution in [0.2, 0.25) is 10.0 Å². The van der Waals surface area contributed by atoms with E-state index in [1.54, 1.807) is 32.2 Å². The van der Waals surface area contributed by atoms with Crippen LogP contribution in [0.5, 0.6) is 5.75 Å². The van der Waals surface area contributed by atoms with Crippen molar-refractivity contribution in [1.29, 1.82) is 0 Å². The minimum absolute atomic E-state index is 0. The van der Waals surface area contributed by atoms with Gasteiger partial charge in [-0.25, -0.2) is 0 Å². The van der Waals surface area contributed by atoms with Gasteiger partial charge in [-0.05, 0) is 45.0 Å². The maximum atomic E-state index is 12.3. The average molecular weight is 412 g/mol. The summed E-state index contributed by atoms with van der Waals surface area (Å²) in [6.07, 6.45) is 1.33. The first kappa shape index (κ1) is 22.3. The zero-order valence-electron chi connectivity index (χ0n) is 14.4. The molecule has 2 rings (SSSR count). The SMILES string of the molecule is COCC1(CNC(=O)C(C)Oc2ccc(Cl)c(Cl)c2)CCNCC1.Cl. The number of piperidine rings is 1. The number of rotatable bonds is 7. The van der Waals surface area contributed by atoms with Crippen LogP contribution in [0, 0.1) is 5.41 Å². The first-order valence-corrected chi connectivity index (χ1v) is 8.80. The normalized spacial score (nSPS) is 17.3. The van der Waals surface area contributed by atoms with Crippen LogP contribution in [-0.2, 0) is 9.53 Å². The Hall–Kier alpha value is -0.720. The lowest BCUT2D eigenvalue weighted by atomic mass is 9.79. The van der Waals surface area contributed by atoms with Crippen LogP contribution >= 0.6 is 35.6 Å². The number of carbonyl (C=O) groups excluding carboxylic acids is 1. The van der Waals surface area contributed by atoms with Crippen LogP contribution in [-0.4, -0.2) is 45.4 Å². The fourth-order valence-corrected chi connectivity index (χ4v) is 3.15. The maximum Gasteiger partial charge on any atom is 0.260 e. The van der Waals surface area contributed by atoms with Crippen molar-refractivity contribution in [2.45, 2.75) is 25.9 Å². The zero-order valence-corrected chi connectivity index (χ0v) is 16.8. The van der Waals surface area contributed by atoms with Gasteiger partial charge in [0.2, 0.25) is 0 Å². The number of methoxy groups -OCH3 is 1. The highest BCUT2D eigenvalue weighted by molar-refractivity contribution is 6.42. The lowest BCUT2D eigenvalue weighted by Gasteiger charge is -2.37. The standard InChI is InChI=1S/C17H24Cl2N2O3.ClH/c1-12(24-13-3-4-14(18)15(19)9-13)16(22)21-10-17(11-23-2)5-7-20-8-6-17;/h3-4,9,12,20H,5-8,10-11H2,1-2H3,(H,21,22);1H. The van der Waals surface area contributed by atoms with Crippen molar-refractivity contribution in [3.05, 3.63) is 28.2 Å². The Bertz CT molecular complexity index is 561. The van der Waals surface area contributed by atoms with E-state index in [1.807, 2.05) is 0 Å². The third-order valence-electron chi connectivity index (χ3n) is 4.33. The van der Waals surface area contributed by atoms with Gasteiger partial charge in [0.1, 0.15) is 5.75 Å². The second-order valence-corrected chi connectivity index (χ2v) is 7.05. The Morgan fingerprint density at radius 2 is 2.00 bits per heavy atom. The number of hydrogen-bond acceptors (Lipinski definition) is 4. The summed E-state index contributed by atoms with van der Waals surface area (Å²) in [5.74, 6) is 0.357. The van der Waals surface area contributed by atoms with E-state index >= 15 is 0 Å². The van der Waals surface area contributed by atoms with Crippen molar-refractivity contribution in [2.75, 3.05) is 33.4 Å². The molecule has 1 aromatic rings. The Balaban J connectivity index is 0.00000312. The van der Waals surface area contributed by atoms with E-state index in [1.165, 1.54) is 0 Å². The molecule has 8 heteroatoms. The molecule has 0 radical (unpaired) electrons. The molecule has 0 bridgehead atoms. The molecule has 1 saturated heterocycles. The van der Waals surface area contributed by atoms with Crippen LogP contribution < -0.4 is 15.4 Å². The average Bonchev–Trinajstić information content (AvgIpc) is 2.57. The molecule has 0 saturated carbocycles. The van der Waals surface area contributed by atoms with Crippen molar-refractivity contribution in [1.82, 2.24) is 10.6 Å². The number of carbonyl (C=O) groups is 1. The molecule has 1 heterocycles. The highest BCUT2D eigenvalue weighted by Crippen LogP contribution is 2.29. The van der Waals surface area contributed by atoms with Crippen LogP contribution in [0.25, 0.3) is 0 Å². The molecule has 1 amide bonds. The molecule has 0 aromatic heterocycles. The summed E-state index contributed by atoms with van der Waals surface area (Å²) in [4.78, 5) is 12.3. The molecule has 142 valence electrons. The van der Waals surface area contributed by atoms with Gasteiger partial charge in [0.25, 0.3) is 5.91 Å². The second kappa shape index (κ2) is 10.4. The van der Waals surface area contributed by atoms with Gasteiger partial charge < -0.3 is 20.1 Å². The maximum absolute atomic E-state index is 12.3. The number of amides is 1. The molecule has 1 aliphatic heterocycles. The molecule has 1 unspecified atom stereocenters. The monoisotopic (exact) mass is 410 g/mol. The Kier molecular flexibility index (Phi) is 9.32. The summed E-state index contributed by atoms with van der Waals surface area (Å²) >= 11 is 11.8. The topological polar surface area (TPSA) is 59.6 Å². The number of nitrogens with one attached hydrogen (secondary N) is 2. The molecule has 1 aromatic carbocycles. The lowest BCUT2D eigenvalue weighted by Crippen LogP contribution is -2.49. The van der Waals surface area contributed by atoms with Crippen molar-refractivity contribution < 1.29 is 14.3 Å². The molecular weight excluding hydrogens is 387 g/mol. The smallest absolute Gasteiger partial charge is 0.260 e. The van der Waals surface area contributed by atoms with Gasteiger partial charge in [0.05, 0.1) is 16.7 Å². The van der Waals surface area contributed by atoms with Gasteiger partial charge in [-0.15, -0.1) is 12.4 Å². The van der Waals surface area contributed by atoms with Crippen molar-refractivity contribution in [3.8, 4) is 5.75 Å². The third-order valence-corrected chi connectivity index (χ3v) is 5.06. The van der Waals surface area contributed by atoms with E-state index in [-0.39, 0.29) is 23.7 Å².